The van der Waals surface area contributed by atoms with E-state index in [1.54, 1.807) is 26.2 Å². The van der Waals surface area contributed by atoms with Crippen LogP contribution in [0.2, 0.25) is 0 Å². The number of amides is 2. The first-order valence-electron chi connectivity index (χ1n) is 9.20. The second kappa shape index (κ2) is 11.8. The Morgan fingerprint density at radius 1 is 1.13 bits per heavy atom. The molecule has 2 aromatic carbocycles. The Kier molecular flexibility index (Phi) is 9.14. The number of hydrazone groups is 1. The quantitative estimate of drug-likeness (QED) is 0.422. The summed E-state index contributed by atoms with van der Waals surface area (Å²) in [6.07, 6.45) is 0.893. The average Bonchev–Trinajstić information content (AvgIpc) is 2.74. The maximum absolute atomic E-state index is 12.4. The predicted molar refractivity (Wildman–Crippen MR) is 117 cm³/mol. The van der Waals surface area contributed by atoms with E-state index in [2.05, 4.69) is 31.8 Å². The Balaban J connectivity index is 2.06. The first-order valence-corrected chi connectivity index (χ1v) is 9.99. The van der Waals surface area contributed by atoms with Crippen LogP contribution in [0.3, 0.4) is 0 Å². The Morgan fingerprint density at radius 3 is 2.43 bits per heavy atom. The third-order valence-electron chi connectivity index (χ3n) is 4.05. The van der Waals surface area contributed by atoms with Gasteiger partial charge in [0.2, 0.25) is 5.91 Å². The van der Waals surface area contributed by atoms with Crippen LogP contribution in [0.15, 0.2) is 52.0 Å². The summed E-state index contributed by atoms with van der Waals surface area (Å²) >= 11 is 3.43. The van der Waals surface area contributed by atoms with Gasteiger partial charge in [-0.15, -0.1) is 0 Å². The molecule has 0 bridgehead atoms. The minimum Gasteiger partial charge on any atom is -0.493 e. The van der Waals surface area contributed by atoms with Gasteiger partial charge in [0.15, 0.2) is 11.5 Å². The molecule has 30 heavy (non-hydrogen) atoms. The Labute approximate surface area is 183 Å². The molecule has 0 fully saturated rings. The van der Waals surface area contributed by atoms with Crippen LogP contribution in [0.1, 0.15) is 30.5 Å². The number of nitrogens with one attached hydrogen (secondary N) is 2. The van der Waals surface area contributed by atoms with Gasteiger partial charge < -0.3 is 19.5 Å². The van der Waals surface area contributed by atoms with E-state index in [1.165, 1.54) is 13.3 Å². The summed E-state index contributed by atoms with van der Waals surface area (Å²) in [7, 11) is 3.08. The third kappa shape index (κ3) is 6.77. The van der Waals surface area contributed by atoms with E-state index in [-0.39, 0.29) is 18.9 Å². The van der Waals surface area contributed by atoms with Gasteiger partial charge in [0, 0.05) is 10.0 Å². The van der Waals surface area contributed by atoms with Gasteiger partial charge in [-0.05, 0) is 40.5 Å². The predicted octanol–water partition coefficient (Wildman–Crippen LogP) is 3.79. The minimum atomic E-state index is -0.586. The summed E-state index contributed by atoms with van der Waals surface area (Å²) in [6.45, 7) is 1.95. The van der Waals surface area contributed by atoms with Crippen LogP contribution >= 0.6 is 15.9 Å². The van der Waals surface area contributed by atoms with Gasteiger partial charge in [0.05, 0.1) is 39.5 Å². The number of halogens is 1. The van der Waals surface area contributed by atoms with E-state index < -0.39 is 12.1 Å². The fourth-order valence-electron chi connectivity index (χ4n) is 2.63. The van der Waals surface area contributed by atoms with Crippen molar-refractivity contribution in [2.24, 2.45) is 5.10 Å². The van der Waals surface area contributed by atoms with E-state index >= 15 is 0 Å². The molecule has 2 amide bonds. The lowest BCUT2D eigenvalue weighted by Crippen LogP contribution is -2.33. The molecule has 0 aliphatic rings. The van der Waals surface area contributed by atoms with Crippen molar-refractivity contribution in [3.8, 4) is 11.5 Å². The van der Waals surface area contributed by atoms with E-state index in [4.69, 9.17) is 14.2 Å². The number of hydrogen-bond acceptors (Lipinski definition) is 6. The lowest BCUT2D eigenvalue weighted by atomic mass is 10.0. The zero-order chi connectivity index (χ0) is 21.9. The number of alkyl carbamates (subject to hydrolysis) is 1. The maximum atomic E-state index is 12.4. The molecule has 1 atom stereocenters. The molecular formula is C21H24BrN3O5. The number of benzene rings is 2. The molecule has 2 N–H and O–H groups in total. The van der Waals surface area contributed by atoms with Crippen LogP contribution in [0.25, 0.3) is 0 Å². The zero-order valence-electron chi connectivity index (χ0n) is 17.0. The van der Waals surface area contributed by atoms with Gasteiger partial charge in [-0.2, -0.15) is 5.10 Å². The highest BCUT2D eigenvalue weighted by Gasteiger charge is 2.19. The van der Waals surface area contributed by atoms with Crippen molar-refractivity contribution >= 4 is 34.1 Å². The Hall–Kier alpha value is -3.07. The second-order valence-electron chi connectivity index (χ2n) is 6.05. The molecule has 0 radical (unpaired) electrons. The largest absolute Gasteiger partial charge is 0.493 e. The highest BCUT2D eigenvalue weighted by atomic mass is 79.9. The van der Waals surface area contributed by atoms with E-state index in [0.29, 0.717) is 17.1 Å². The number of ether oxygens (including phenoxy) is 3. The van der Waals surface area contributed by atoms with Crippen molar-refractivity contribution in [1.82, 2.24) is 10.7 Å². The topological polar surface area (TPSA) is 98.2 Å². The first kappa shape index (κ1) is 23.2. The van der Waals surface area contributed by atoms with Crippen molar-refractivity contribution in [3.63, 3.8) is 0 Å². The number of rotatable bonds is 9. The first-order chi connectivity index (χ1) is 14.5. The number of carbonyl (C=O) groups is 2. The van der Waals surface area contributed by atoms with E-state index in [0.717, 1.165) is 10.0 Å². The number of nitrogens with zero attached hydrogens (tertiary/aromatic N) is 1. The molecule has 0 spiro atoms. The van der Waals surface area contributed by atoms with Crippen LogP contribution in [0.4, 0.5) is 4.79 Å². The lowest BCUT2D eigenvalue weighted by Gasteiger charge is -2.18. The maximum Gasteiger partial charge on any atom is 0.407 e. The van der Waals surface area contributed by atoms with E-state index in [1.807, 2.05) is 30.3 Å². The van der Waals surface area contributed by atoms with Gasteiger partial charge in [-0.1, -0.05) is 30.3 Å². The molecule has 0 saturated heterocycles. The van der Waals surface area contributed by atoms with Gasteiger partial charge in [0.25, 0.3) is 0 Å². The van der Waals surface area contributed by atoms with Gasteiger partial charge in [-0.3, -0.25) is 4.79 Å². The number of carbonyl (C=O) groups excluding carboxylic acids is 2. The highest BCUT2D eigenvalue weighted by Crippen LogP contribution is 2.32. The summed E-state index contributed by atoms with van der Waals surface area (Å²) in [6, 6.07) is 12.1. The molecule has 8 nitrogen and oxygen atoms in total. The molecule has 0 aliphatic heterocycles. The standard InChI is InChI=1S/C21H24BrN3O5/c1-4-30-21(27)24-17(14-8-6-5-7-9-14)12-20(26)25-23-13-15-10-18(28-2)19(29-3)11-16(15)22/h5-11,13,17H,4,12H2,1-3H3,(H,24,27)(H,25,26)/b23-13-/t17-/m1/s1. The Bertz CT molecular complexity index is 890. The summed E-state index contributed by atoms with van der Waals surface area (Å²) < 4.78 is 16.2. The average molecular weight is 478 g/mol. The SMILES string of the molecule is CCOC(=O)N[C@H](CC(=O)N/N=C\c1cc(OC)c(OC)cc1Br)c1ccccc1. The monoisotopic (exact) mass is 477 g/mol. The molecule has 2 rings (SSSR count). The van der Waals surface area contributed by atoms with Crippen LogP contribution in [-0.4, -0.2) is 39.0 Å². The zero-order valence-corrected chi connectivity index (χ0v) is 18.6. The van der Waals surface area contributed by atoms with Crippen LogP contribution in [0, 0.1) is 0 Å². The molecule has 2 aromatic rings. The third-order valence-corrected chi connectivity index (χ3v) is 4.74. The van der Waals surface area contributed by atoms with Crippen molar-refractivity contribution in [2.75, 3.05) is 20.8 Å². The Morgan fingerprint density at radius 2 is 1.80 bits per heavy atom. The molecule has 0 saturated carbocycles. The van der Waals surface area contributed by atoms with Crippen LogP contribution in [0.5, 0.6) is 11.5 Å². The second-order valence-corrected chi connectivity index (χ2v) is 6.91. The molecule has 160 valence electrons. The van der Waals surface area contributed by atoms with Crippen LogP contribution < -0.4 is 20.2 Å². The molecule has 9 heteroatoms. The molecule has 0 heterocycles. The highest BCUT2D eigenvalue weighted by molar-refractivity contribution is 9.10. The summed E-state index contributed by atoms with van der Waals surface area (Å²) in [5, 5.41) is 6.70. The smallest absolute Gasteiger partial charge is 0.407 e. The summed E-state index contributed by atoms with van der Waals surface area (Å²) in [5.74, 6) is 0.742. The number of methoxy groups -OCH3 is 2. The summed E-state index contributed by atoms with van der Waals surface area (Å²) in [5.41, 5.74) is 3.95. The number of hydrogen-bond donors (Lipinski definition) is 2. The normalized spacial score (nSPS) is 11.6. The van der Waals surface area contributed by atoms with Gasteiger partial charge in [-0.25, -0.2) is 10.2 Å². The molecule has 0 unspecified atom stereocenters. The summed E-state index contributed by atoms with van der Waals surface area (Å²) in [4.78, 5) is 24.2. The molecule has 0 aromatic heterocycles. The molecular weight excluding hydrogens is 454 g/mol. The van der Waals surface area contributed by atoms with E-state index in [9.17, 15) is 9.59 Å². The van der Waals surface area contributed by atoms with Crippen molar-refractivity contribution in [1.29, 1.82) is 0 Å². The molecule has 0 aliphatic carbocycles. The van der Waals surface area contributed by atoms with Crippen LogP contribution in [-0.2, 0) is 9.53 Å². The van der Waals surface area contributed by atoms with Gasteiger partial charge in [0.1, 0.15) is 0 Å². The van der Waals surface area contributed by atoms with Crippen molar-refractivity contribution in [2.45, 2.75) is 19.4 Å². The fraction of sp³-hybridized carbons (Fsp3) is 0.286. The van der Waals surface area contributed by atoms with Crippen molar-refractivity contribution < 1.29 is 23.8 Å². The minimum absolute atomic E-state index is 0.00668. The van der Waals surface area contributed by atoms with Gasteiger partial charge >= 0.3 is 6.09 Å². The van der Waals surface area contributed by atoms with Crippen molar-refractivity contribution in [3.05, 3.63) is 58.1 Å². The fourth-order valence-corrected chi connectivity index (χ4v) is 3.05. The lowest BCUT2D eigenvalue weighted by molar-refractivity contribution is -0.121.